The number of rotatable bonds is 2. The molecular weight excluding hydrogens is 234 g/mol. The summed E-state index contributed by atoms with van der Waals surface area (Å²) >= 11 is 5.79. The first-order valence-electron chi connectivity index (χ1n) is 5.36. The Kier molecular flexibility index (Phi) is 4.20. The van der Waals surface area contributed by atoms with Crippen molar-refractivity contribution in [3.8, 4) is 11.8 Å². The zero-order valence-corrected chi connectivity index (χ0v) is 11.3. The van der Waals surface area contributed by atoms with E-state index in [9.17, 15) is 4.79 Å². The van der Waals surface area contributed by atoms with Crippen molar-refractivity contribution in [2.24, 2.45) is 0 Å². The van der Waals surface area contributed by atoms with E-state index in [1.54, 1.807) is 43.1 Å². The molecule has 0 aliphatic carbocycles. The highest BCUT2D eigenvalue weighted by molar-refractivity contribution is 6.30. The summed E-state index contributed by atoms with van der Waals surface area (Å²) in [5.41, 5.74) is 0.133. The zero-order chi connectivity index (χ0) is 13.1. The Bertz CT molecular complexity index is 465. The molecule has 0 N–H and O–H groups in total. The second-order valence-electron chi connectivity index (χ2n) is 4.31. The summed E-state index contributed by atoms with van der Waals surface area (Å²) in [6.45, 7) is 5.59. The molecule has 0 aliphatic heterocycles. The maximum atomic E-state index is 12.2. The minimum Gasteiger partial charge on any atom is -0.326 e. The molecule has 1 aromatic rings. The Labute approximate surface area is 108 Å². The lowest BCUT2D eigenvalue weighted by molar-refractivity contribution is 0.0700. The van der Waals surface area contributed by atoms with Crippen LogP contribution in [0.5, 0.6) is 0 Å². The van der Waals surface area contributed by atoms with Crippen molar-refractivity contribution in [2.75, 3.05) is 7.05 Å². The first-order valence-corrected chi connectivity index (χ1v) is 5.74. The molecule has 0 saturated heterocycles. The molecule has 1 amide bonds. The van der Waals surface area contributed by atoms with Crippen molar-refractivity contribution in [3.05, 3.63) is 34.9 Å². The average Bonchev–Trinajstić information content (AvgIpc) is 2.28. The molecule has 0 fully saturated rings. The summed E-state index contributed by atoms with van der Waals surface area (Å²) < 4.78 is 0. The monoisotopic (exact) mass is 249 g/mol. The normalized spacial score (nSPS) is 10.4. The van der Waals surface area contributed by atoms with E-state index in [1.165, 1.54) is 0 Å². The van der Waals surface area contributed by atoms with Gasteiger partial charge in [0, 0.05) is 17.6 Å². The third-order valence-electron chi connectivity index (χ3n) is 2.67. The Hall–Kier alpha value is -1.46. The Balaban J connectivity index is 2.96. The first kappa shape index (κ1) is 13.6. The second-order valence-corrected chi connectivity index (χ2v) is 4.74. The lowest BCUT2D eigenvalue weighted by Crippen LogP contribution is -2.43. The molecule has 0 saturated carbocycles. The van der Waals surface area contributed by atoms with E-state index in [-0.39, 0.29) is 5.91 Å². The van der Waals surface area contributed by atoms with Crippen LogP contribution in [0.25, 0.3) is 0 Å². The van der Waals surface area contributed by atoms with Gasteiger partial charge in [-0.05, 0) is 45.0 Å². The Morgan fingerprint density at radius 3 is 2.29 bits per heavy atom. The van der Waals surface area contributed by atoms with E-state index in [0.29, 0.717) is 10.6 Å². The van der Waals surface area contributed by atoms with Crippen LogP contribution in [0.3, 0.4) is 0 Å². The van der Waals surface area contributed by atoms with E-state index in [1.807, 2.05) is 13.8 Å². The summed E-state index contributed by atoms with van der Waals surface area (Å²) in [7, 11) is 1.75. The van der Waals surface area contributed by atoms with Crippen LogP contribution in [0.4, 0.5) is 0 Å². The predicted octanol–water partition coefficient (Wildman–Crippen LogP) is 3.21. The molecule has 0 radical (unpaired) electrons. The highest BCUT2D eigenvalue weighted by Gasteiger charge is 2.26. The number of hydrogen-bond acceptors (Lipinski definition) is 1. The molecule has 90 valence electrons. The lowest BCUT2D eigenvalue weighted by Gasteiger charge is -2.31. The quantitative estimate of drug-likeness (QED) is 0.737. The third-order valence-corrected chi connectivity index (χ3v) is 2.92. The molecule has 3 heteroatoms. The molecular formula is C14H16ClNO. The van der Waals surface area contributed by atoms with Gasteiger partial charge in [-0.2, -0.15) is 0 Å². The molecule has 0 atom stereocenters. The van der Waals surface area contributed by atoms with Gasteiger partial charge in [0.25, 0.3) is 5.91 Å². The van der Waals surface area contributed by atoms with Gasteiger partial charge >= 0.3 is 0 Å². The van der Waals surface area contributed by atoms with Crippen molar-refractivity contribution in [2.45, 2.75) is 26.3 Å². The summed E-state index contributed by atoms with van der Waals surface area (Å²) in [6.07, 6.45) is 0. The van der Waals surface area contributed by atoms with Crippen molar-refractivity contribution < 1.29 is 4.79 Å². The molecule has 1 rings (SSSR count). The van der Waals surface area contributed by atoms with E-state index < -0.39 is 5.54 Å². The maximum Gasteiger partial charge on any atom is 0.254 e. The lowest BCUT2D eigenvalue weighted by atomic mass is 10.0. The molecule has 1 aromatic carbocycles. The van der Waals surface area contributed by atoms with Crippen molar-refractivity contribution in [3.63, 3.8) is 0 Å². The second kappa shape index (κ2) is 5.25. The van der Waals surface area contributed by atoms with Gasteiger partial charge in [-0.1, -0.05) is 17.5 Å². The van der Waals surface area contributed by atoms with Gasteiger partial charge in [0.2, 0.25) is 0 Å². The van der Waals surface area contributed by atoms with Crippen LogP contribution in [0.1, 0.15) is 31.1 Å². The van der Waals surface area contributed by atoms with Crippen LogP contribution >= 0.6 is 11.6 Å². The first-order chi connectivity index (χ1) is 7.88. The fourth-order valence-electron chi connectivity index (χ4n) is 1.43. The summed E-state index contributed by atoms with van der Waals surface area (Å²) in [5, 5.41) is 0.622. The standard InChI is InChI=1S/C14H16ClNO/c1-5-10-14(2,3)16(4)13(17)11-6-8-12(15)9-7-11/h6-9H,1-4H3. The summed E-state index contributed by atoms with van der Waals surface area (Å²) in [5.74, 6) is 5.79. The number of benzene rings is 1. The highest BCUT2D eigenvalue weighted by Crippen LogP contribution is 2.16. The topological polar surface area (TPSA) is 20.3 Å². The van der Waals surface area contributed by atoms with E-state index in [4.69, 9.17) is 11.6 Å². The van der Waals surface area contributed by atoms with Crippen molar-refractivity contribution in [1.82, 2.24) is 4.90 Å². The zero-order valence-electron chi connectivity index (χ0n) is 10.5. The van der Waals surface area contributed by atoms with Gasteiger partial charge in [-0.15, -0.1) is 5.92 Å². The maximum absolute atomic E-state index is 12.2. The van der Waals surface area contributed by atoms with Crippen LogP contribution in [-0.4, -0.2) is 23.4 Å². The molecule has 0 unspecified atom stereocenters. The van der Waals surface area contributed by atoms with E-state index in [0.717, 1.165) is 0 Å². The Morgan fingerprint density at radius 1 is 1.29 bits per heavy atom. The summed E-state index contributed by atoms with van der Waals surface area (Å²) in [6, 6.07) is 6.86. The van der Waals surface area contributed by atoms with Crippen LogP contribution in [0.15, 0.2) is 24.3 Å². The number of hydrogen-bond donors (Lipinski definition) is 0. The van der Waals surface area contributed by atoms with Gasteiger partial charge in [0.05, 0.1) is 5.54 Å². The van der Waals surface area contributed by atoms with Gasteiger partial charge in [-0.3, -0.25) is 4.79 Å². The van der Waals surface area contributed by atoms with Gasteiger partial charge < -0.3 is 4.90 Å². The van der Waals surface area contributed by atoms with Crippen LogP contribution in [0.2, 0.25) is 5.02 Å². The minimum absolute atomic E-state index is 0.0607. The largest absolute Gasteiger partial charge is 0.326 e. The molecule has 2 nitrogen and oxygen atoms in total. The third kappa shape index (κ3) is 3.25. The van der Waals surface area contributed by atoms with Crippen LogP contribution < -0.4 is 0 Å². The number of carbonyl (C=O) groups excluding carboxylic acids is 1. The molecule has 0 aromatic heterocycles. The van der Waals surface area contributed by atoms with Crippen molar-refractivity contribution in [1.29, 1.82) is 0 Å². The van der Waals surface area contributed by atoms with Gasteiger partial charge in [0.1, 0.15) is 0 Å². The van der Waals surface area contributed by atoms with Gasteiger partial charge in [0.15, 0.2) is 0 Å². The number of halogens is 1. The average molecular weight is 250 g/mol. The number of carbonyl (C=O) groups is 1. The fraction of sp³-hybridized carbons (Fsp3) is 0.357. The van der Waals surface area contributed by atoms with Crippen molar-refractivity contribution >= 4 is 17.5 Å². The molecule has 0 bridgehead atoms. The fourth-order valence-corrected chi connectivity index (χ4v) is 1.56. The smallest absolute Gasteiger partial charge is 0.254 e. The number of amides is 1. The van der Waals surface area contributed by atoms with Crippen LogP contribution in [0, 0.1) is 11.8 Å². The van der Waals surface area contributed by atoms with Gasteiger partial charge in [-0.25, -0.2) is 0 Å². The number of nitrogens with zero attached hydrogens (tertiary/aromatic N) is 1. The minimum atomic E-state index is -0.481. The highest BCUT2D eigenvalue weighted by atomic mass is 35.5. The molecule has 0 spiro atoms. The van der Waals surface area contributed by atoms with E-state index in [2.05, 4.69) is 11.8 Å². The predicted molar refractivity (Wildman–Crippen MR) is 71.1 cm³/mol. The summed E-state index contributed by atoms with van der Waals surface area (Å²) in [4.78, 5) is 13.8. The molecule has 17 heavy (non-hydrogen) atoms. The Morgan fingerprint density at radius 2 is 1.82 bits per heavy atom. The van der Waals surface area contributed by atoms with E-state index >= 15 is 0 Å². The SMILES string of the molecule is CC#CC(C)(C)N(C)C(=O)c1ccc(Cl)cc1. The molecule has 0 heterocycles. The van der Waals surface area contributed by atoms with Crippen LogP contribution in [-0.2, 0) is 0 Å². The molecule has 0 aliphatic rings.